The van der Waals surface area contributed by atoms with Crippen molar-refractivity contribution in [1.29, 1.82) is 0 Å². The van der Waals surface area contributed by atoms with Crippen molar-refractivity contribution in [3.63, 3.8) is 0 Å². The van der Waals surface area contributed by atoms with Gasteiger partial charge in [0.1, 0.15) is 11.9 Å². The van der Waals surface area contributed by atoms with E-state index in [1.54, 1.807) is 47.1 Å². The molecule has 1 aromatic rings. The van der Waals surface area contributed by atoms with Crippen molar-refractivity contribution in [2.24, 2.45) is 5.10 Å². The summed E-state index contributed by atoms with van der Waals surface area (Å²) in [5, 5.41) is 19.2. The number of likely N-dealkylation sites (N-methyl/N-ethyl adjacent to an activating group) is 2. The molecule has 110 valence electrons. The number of aromatic hydroxyl groups is 1. The number of urea groups is 1. The third-order valence-corrected chi connectivity index (χ3v) is 3.99. The Hall–Kier alpha value is -2.35. The Morgan fingerprint density at radius 3 is 2.76 bits per heavy atom. The average molecular weight is 305 g/mol. The van der Waals surface area contributed by atoms with Crippen LogP contribution in [0.4, 0.5) is 4.79 Å². The molecule has 0 radical (unpaired) electrons. The highest BCUT2D eigenvalue weighted by atomic mass is 32.1. The molecule has 2 aliphatic rings. The van der Waals surface area contributed by atoms with Crippen LogP contribution in [0.2, 0.25) is 0 Å². The van der Waals surface area contributed by atoms with E-state index in [-0.39, 0.29) is 24.1 Å². The quantitative estimate of drug-likeness (QED) is 0.617. The number of para-hydroxylation sites is 1. The lowest BCUT2D eigenvalue weighted by molar-refractivity contribution is 0.174. The van der Waals surface area contributed by atoms with E-state index in [0.29, 0.717) is 10.7 Å². The monoisotopic (exact) mass is 305 g/mol. The van der Waals surface area contributed by atoms with Gasteiger partial charge in [-0.3, -0.25) is 0 Å². The van der Waals surface area contributed by atoms with Crippen molar-refractivity contribution in [2.75, 3.05) is 14.1 Å². The van der Waals surface area contributed by atoms with E-state index in [4.69, 9.17) is 12.2 Å². The smallest absolute Gasteiger partial charge is 0.323 e. The zero-order chi connectivity index (χ0) is 15.1. The first-order valence-corrected chi connectivity index (χ1v) is 6.83. The van der Waals surface area contributed by atoms with Gasteiger partial charge in [0.05, 0.1) is 6.21 Å². The second kappa shape index (κ2) is 4.88. The van der Waals surface area contributed by atoms with Crippen LogP contribution >= 0.6 is 12.2 Å². The van der Waals surface area contributed by atoms with Gasteiger partial charge in [0, 0.05) is 19.7 Å². The maximum absolute atomic E-state index is 11.9. The predicted octanol–water partition coefficient (Wildman–Crippen LogP) is 0.566. The summed E-state index contributed by atoms with van der Waals surface area (Å²) in [5.41, 5.74) is 0.587. The fourth-order valence-corrected chi connectivity index (χ4v) is 2.79. The van der Waals surface area contributed by atoms with Crippen molar-refractivity contribution >= 4 is 29.6 Å². The van der Waals surface area contributed by atoms with E-state index in [1.165, 1.54) is 6.21 Å². The minimum atomic E-state index is -0.294. The summed E-state index contributed by atoms with van der Waals surface area (Å²) in [4.78, 5) is 15.1. The molecular formula is C13H15N5O2S. The highest BCUT2D eigenvalue weighted by Crippen LogP contribution is 2.27. The molecule has 1 aromatic carbocycles. The Morgan fingerprint density at radius 2 is 2.05 bits per heavy atom. The SMILES string of the molecule is CN1C(=O)N(C)C2C1NC(=S)N2/N=C/c1ccccc1O. The Balaban J connectivity index is 1.87. The molecule has 21 heavy (non-hydrogen) atoms. The molecule has 2 N–H and O–H groups in total. The topological polar surface area (TPSA) is 71.4 Å². The van der Waals surface area contributed by atoms with E-state index >= 15 is 0 Å². The molecule has 3 rings (SSSR count). The highest BCUT2D eigenvalue weighted by Gasteiger charge is 2.51. The van der Waals surface area contributed by atoms with Gasteiger partial charge in [-0.2, -0.15) is 5.10 Å². The number of nitrogens with zero attached hydrogens (tertiary/aromatic N) is 4. The third kappa shape index (κ3) is 2.07. The van der Waals surface area contributed by atoms with Crippen LogP contribution in [0.5, 0.6) is 5.75 Å². The highest BCUT2D eigenvalue weighted by molar-refractivity contribution is 7.80. The zero-order valence-electron chi connectivity index (χ0n) is 11.6. The Bertz CT molecular complexity index is 635. The summed E-state index contributed by atoms with van der Waals surface area (Å²) in [6.45, 7) is 0. The lowest BCUT2D eigenvalue weighted by Gasteiger charge is -2.23. The molecule has 0 bridgehead atoms. The largest absolute Gasteiger partial charge is 0.507 e. The summed E-state index contributed by atoms with van der Waals surface area (Å²) in [6.07, 6.45) is 1.01. The normalized spacial score (nSPS) is 25.0. The number of rotatable bonds is 2. The zero-order valence-corrected chi connectivity index (χ0v) is 12.4. The average Bonchev–Trinajstić information content (AvgIpc) is 2.89. The van der Waals surface area contributed by atoms with Crippen LogP contribution in [-0.4, -0.2) is 63.7 Å². The standard InChI is InChI=1S/C13H15N5O2S/c1-16-10-11(17(2)13(16)20)18(12(21)15-10)14-7-8-5-3-4-6-9(8)19/h3-7,10-11,19H,1-2H3,(H,15,21)/b14-7+. The second-order valence-corrected chi connectivity index (χ2v) is 5.35. The van der Waals surface area contributed by atoms with Crippen LogP contribution in [0, 0.1) is 0 Å². The van der Waals surface area contributed by atoms with Crippen LogP contribution in [-0.2, 0) is 0 Å². The van der Waals surface area contributed by atoms with Gasteiger partial charge >= 0.3 is 6.03 Å². The number of thiocarbonyl (C=S) groups is 1. The first kappa shape index (κ1) is 13.6. The lowest BCUT2D eigenvalue weighted by Crippen LogP contribution is -2.41. The number of benzene rings is 1. The van der Waals surface area contributed by atoms with E-state index in [0.717, 1.165) is 0 Å². The minimum absolute atomic E-state index is 0.0947. The Morgan fingerprint density at radius 1 is 1.33 bits per heavy atom. The molecule has 8 heteroatoms. The number of fused-ring (bicyclic) bond motifs is 1. The molecule has 2 saturated heterocycles. The molecule has 2 fully saturated rings. The summed E-state index contributed by atoms with van der Waals surface area (Å²) in [5.74, 6) is 0.142. The van der Waals surface area contributed by atoms with Gasteiger partial charge in [-0.25, -0.2) is 9.80 Å². The number of nitrogens with one attached hydrogen (secondary N) is 1. The van der Waals surface area contributed by atoms with Gasteiger partial charge < -0.3 is 20.2 Å². The van der Waals surface area contributed by atoms with Gasteiger partial charge in [0.15, 0.2) is 11.3 Å². The van der Waals surface area contributed by atoms with Crippen molar-refractivity contribution < 1.29 is 9.90 Å². The molecule has 2 aliphatic heterocycles. The number of hydrogen-bond acceptors (Lipinski definition) is 4. The molecule has 0 saturated carbocycles. The Labute approximate surface area is 127 Å². The summed E-state index contributed by atoms with van der Waals surface area (Å²) < 4.78 is 0. The van der Waals surface area contributed by atoms with Crippen molar-refractivity contribution in [3.8, 4) is 5.75 Å². The summed E-state index contributed by atoms with van der Waals surface area (Å²) in [7, 11) is 3.43. The number of phenolic OH excluding ortho intramolecular Hbond substituents is 1. The molecule has 2 unspecified atom stereocenters. The summed E-state index contributed by atoms with van der Waals surface area (Å²) in [6, 6.07) is 6.79. The molecule has 2 atom stereocenters. The van der Waals surface area contributed by atoms with E-state index < -0.39 is 0 Å². The molecule has 0 aromatic heterocycles. The van der Waals surface area contributed by atoms with Gasteiger partial charge in [0.25, 0.3) is 0 Å². The first-order valence-electron chi connectivity index (χ1n) is 6.42. The van der Waals surface area contributed by atoms with Crippen LogP contribution in [0.1, 0.15) is 5.56 Å². The molecule has 2 amide bonds. The third-order valence-electron chi connectivity index (χ3n) is 3.69. The van der Waals surface area contributed by atoms with Crippen LogP contribution in [0.25, 0.3) is 0 Å². The maximum Gasteiger partial charge on any atom is 0.323 e. The second-order valence-electron chi connectivity index (χ2n) is 4.96. The lowest BCUT2D eigenvalue weighted by atomic mass is 10.2. The fourth-order valence-electron chi connectivity index (χ4n) is 2.52. The van der Waals surface area contributed by atoms with Gasteiger partial charge in [-0.05, 0) is 24.4 Å². The van der Waals surface area contributed by atoms with Crippen molar-refractivity contribution in [1.82, 2.24) is 20.1 Å². The first-order chi connectivity index (χ1) is 10.0. The van der Waals surface area contributed by atoms with E-state index in [1.807, 2.05) is 6.07 Å². The summed E-state index contributed by atoms with van der Waals surface area (Å²) >= 11 is 5.26. The minimum Gasteiger partial charge on any atom is -0.507 e. The molecular weight excluding hydrogens is 290 g/mol. The van der Waals surface area contributed by atoms with Crippen molar-refractivity contribution in [2.45, 2.75) is 12.3 Å². The van der Waals surface area contributed by atoms with Crippen LogP contribution in [0.15, 0.2) is 29.4 Å². The van der Waals surface area contributed by atoms with E-state index in [2.05, 4.69) is 10.4 Å². The van der Waals surface area contributed by atoms with E-state index in [9.17, 15) is 9.90 Å². The van der Waals surface area contributed by atoms with Gasteiger partial charge in [0.2, 0.25) is 0 Å². The van der Waals surface area contributed by atoms with Crippen molar-refractivity contribution in [3.05, 3.63) is 29.8 Å². The molecule has 7 nitrogen and oxygen atoms in total. The number of amides is 2. The van der Waals surface area contributed by atoms with Crippen LogP contribution < -0.4 is 5.32 Å². The number of phenols is 1. The predicted molar refractivity (Wildman–Crippen MR) is 81.8 cm³/mol. The maximum atomic E-state index is 11.9. The van der Waals surface area contributed by atoms with Gasteiger partial charge in [-0.15, -0.1) is 0 Å². The number of carbonyl (C=O) groups is 1. The number of carbonyl (C=O) groups excluding carboxylic acids is 1. The van der Waals surface area contributed by atoms with Gasteiger partial charge in [-0.1, -0.05) is 12.1 Å². The van der Waals surface area contributed by atoms with Crippen LogP contribution in [0.3, 0.4) is 0 Å². The molecule has 0 spiro atoms. The molecule has 2 heterocycles. The number of hydrazone groups is 1. The Kier molecular flexibility index (Phi) is 3.17. The fraction of sp³-hybridized carbons (Fsp3) is 0.308. The number of hydrogen-bond donors (Lipinski definition) is 2. The molecule has 0 aliphatic carbocycles.